The van der Waals surface area contributed by atoms with E-state index in [1.54, 1.807) is 0 Å². The van der Waals surface area contributed by atoms with Crippen LogP contribution in [0.4, 0.5) is 0 Å². The number of piperidine rings is 1. The summed E-state index contributed by atoms with van der Waals surface area (Å²) < 4.78 is 0. The van der Waals surface area contributed by atoms with Gasteiger partial charge in [-0.15, -0.1) is 0 Å². The van der Waals surface area contributed by atoms with Gasteiger partial charge in [-0.3, -0.25) is 4.79 Å². The summed E-state index contributed by atoms with van der Waals surface area (Å²) in [5, 5.41) is 3.49. The molecule has 1 aromatic rings. The molecule has 1 amide bonds. The molecule has 3 fully saturated rings. The quantitative estimate of drug-likeness (QED) is 0.892. The molecular formula is C21H30N2O. The van der Waals surface area contributed by atoms with E-state index in [1.165, 1.54) is 44.1 Å². The van der Waals surface area contributed by atoms with Gasteiger partial charge in [-0.1, -0.05) is 31.4 Å². The lowest BCUT2D eigenvalue weighted by molar-refractivity contribution is 0.0607. The predicted octanol–water partition coefficient (Wildman–Crippen LogP) is 3.95. The highest BCUT2D eigenvalue weighted by Gasteiger charge is 2.38. The SMILES string of the molecule is O=C(c1ccc(C2CCCCC2)cc1)N1CCC2(CCNC2)CC1. The maximum Gasteiger partial charge on any atom is 0.253 e. The summed E-state index contributed by atoms with van der Waals surface area (Å²) in [5.41, 5.74) is 2.78. The molecule has 1 aromatic carbocycles. The Kier molecular flexibility index (Phi) is 4.62. The fourth-order valence-corrected chi connectivity index (χ4v) is 4.92. The van der Waals surface area contributed by atoms with E-state index in [4.69, 9.17) is 0 Å². The topological polar surface area (TPSA) is 32.3 Å². The standard InChI is InChI=1S/C21H30N2O/c24-20(23-14-11-21(12-15-23)10-13-22-16-21)19-8-6-18(7-9-19)17-4-2-1-3-5-17/h6-9,17,22H,1-5,10-16H2. The molecule has 2 heterocycles. The first-order valence-electron chi connectivity index (χ1n) is 9.86. The predicted molar refractivity (Wildman–Crippen MR) is 97.3 cm³/mol. The number of amides is 1. The first-order valence-corrected chi connectivity index (χ1v) is 9.86. The number of hydrogen-bond donors (Lipinski definition) is 1. The van der Waals surface area contributed by atoms with Gasteiger partial charge in [0, 0.05) is 25.2 Å². The Bertz CT molecular complexity index is 558. The van der Waals surface area contributed by atoms with E-state index in [0.29, 0.717) is 11.3 Å². The molecule has 24 heavy (non-hydrogen) atoms. The molecule has 3 heteroatoms. The van der Waals surface area contributed by atoms with Crippen LogP contribution in [-0.4, -0.2) is 37.0 Å². The molecule has 1 N–H and O–H groups in total. The van der Waals surface area contributed by atoms with Crippen molar-refractivity contribution in [3.63, 3.8) is 0 Å². The molecule has 0 bridgehead atoms. The molecule has 0 radical (unpaired) electrons. The first kappa shape index (κ1) is 16.1. The van der Waals surface area contributed by atoms with Crippen LogP contribution in [0.5, 0.6) is 0 Å². The minimum atomic E-state index is 0.228. The third-order valence-electron chi connectivity index (χ3n) is 6.68. The monoisotopic (exact) mass is 326 g/mol. The highest BCUT2D eigenvalue weighted by Crippen LogP contribution is 2.37. The van der Waals surface area contributed by atoms with Gasteiger partial charge in [0.05, 0.1) is 0 Å². The Morgan fingerprint density at radius 1 is 1.00 bits per heavy atom. The number of likely N-dealkylation sites (tertiary alicyclic amines) is 1. The molecule has 3 nitrogen and oxygen atoms in total. The van der Waals surface area contributed by atoms with Gasteiger partial charge in [0.1, 0.15) is 0 Å². The number of benzene rings is 1. The van der Waals surface area contributed by atoms with Crippen molar-refractivity contribution in [2.75, 3.05) is 26.2 Å². The van der Waals surface area contributed by atoms with Gasteiger partial charge >= 0.3 is 0 Å². The van der Waals surface area contributed by atoms with Crippen molar-refractivity contribution in [3.05, 3.63) is 35.4 Å². The van der Waals surface area contributed by atoms with Gasteiger partial charge in [0.15, 0.2) is 0 Å². The fourth-order valence-electron chi connectivity index (χ4n) is 4.92. The number of hydrogen-bond acceptors (Lipinski definition) is 2. The van der Waals surface area contributed by atoms with Crippen molar-refractivity contribution >= 4 is 5.91 Å². The van der Waals surface area contributed by atoms with E-state index in [1.807, 2.05) is 0 Å². The van der Waals surface area contributed by atoms with Gasteiger partial charge in [-0.25, -0.2) is 0 Å². The smallest absolute Gasteiger partial charge is 0.253 e. The van der Waals surface area contributed by atoms with Gasteiger partial charge in [-0.05, 0) is 67.7 Å². The van der Waals surface area contributed by atoms with Crippen LogP contribution in [0.25, 0.3) is 0 Å². The lowest BCUT2D eigenvalue weighted by Gasteiger charge is -2.39. The summed E-state index contributed by atoms with van der Waals surface area (Å²) in [6.45, 7) is 4.14. The fraction of sp³-hybridized carbons (Fsp3) is 0.667. The van der Waals surface area contributed by atoms with Crippen molar-refractivity contribution < 1.29 is 4.79 Å². The van der Waals surface area contributed by atoms with Crippen LogP contribution in [0.15, 0.2) is 24.3 Å². The molecule has 0 unspecified atom stereocenters. The number of rotatable bonds is 2. The van der Waals surface area contributed by atoms with E-state index in [2.05, 4.69) is 34.5 Å². The van der Waals surface area contributed by atoms with E-state index >= 15 is 0 Å². The first-order chi connectivity index (χ1) is 11.8. The molecule has 1 saturated carbocycles. The minimum Gasteiger partial charge on any atom is -0.339 e. The zero-order valence-electron chi connectivity index (χ0n) is 14.7. The van der Waals surface area contributed by atoms with Crippen molar-refractivity contribution in [2.45, 2.75) is 57.3 Å². The summed E-state index contributed by atoms with van der Waals surface area (Å²) in [5.74, 6) is 0.943. The van der Waals surface area contributed by atoms with Gasteiger partial charge in [0.25, 0.3) is 5.91 Å². The van der Waals surface area contributed by atoms with Crippen LogP contribution in [0.1, 0.15) is 73.2 Å². The average molecular weight is 326 g/mol. The summed E-state index contributed by atoms with van der Waals surface area (Å²) in [6.07, 6.45) is 10.3. The highest BCUT2D eigenvalue weighted by atomic mass is 16.2. The van der Waals surface area contributed by atoms with Crippen molar-refractivity contribution in [3.8, 4) is 0 Å². The Hall–Kier alpha value is -1.35. The minimum absolute atomic E-state index is 0.228. The average Bonchev–Trinajstić information content (AvgIpc) is 3.11. The Labute approximate surface area is 145 Å². The van der Waals surface area contributed by atoms with E-state index in [-0.39, 0.29) is 5.91 Å². The molecule has 4 rings (SSSR count). The van der Waals surface area contributed by atoms with Gasteiger partial charge in [0.2, 0.25) is 0 Å². The molecule has 2 aliphatic heterocycles. The van der Waals surface area contributed by atoms with Gasteiger partial charge in [-0.2, -0.15) is 0 Å². The summed E-state index contributed by atoms with van der Waals surface area (Å²) in [6, 6.07) is 8.53. The van der Waals surface area contributed by atoms with E-state index in [0.717, 1.165) is 44.6 Å². The molecule has 130 valence electrons. The third kappa shape index (κ3) is 3.23. The van der Waals surface area contributed by atoms with Crippen LogP contribution in [0, 0.1) is 5.41 Å². The third-order valence-corrected chi connectivity index (χ3v) is 6.68. The molecule has 0 atom stereocenters. The number of carbonyl (C=O) groups excluding carboxylic acids is 1. The second-order valence-corrected chi connectivity index (χ2v) is 8.18. The van der Waals surface area contributed by atoms with Crippen LogP contribution in [-0.2, 0) is 0 Å². The Morgan fingerprint density at radius 2 is 1.71 bits per heavy atom. The molecular weight excluding hydrogens is 296 g/mol. The summed E-state index contributed by atoms with van der Waals surface area (Å²) in [4.78, 5) is 14.9. The largest absolute Gasteiger partial charge is 0.339 e. The van der Waals surface area contributed by atoms with Crippen molar-refractivity contribution in [1.29, 1.82) is 0 Å². The normalized spacial score (nSPS) is 24.4. The van der Waals surface area contributed by atoms with Crippen LogP contribution < -0.4 is 5.32 Å². The van der Waals surface area contributed by atoms with E-state index < -0.39 is 0 Å². The van der Waals surface area contributed by atoms with Crippen LogP contribution >= 0.6 is 0 Å². The number of nitrogens with one attached hydrogen (secondary N) is 1. The van der Waals surface area contributed by atoms with Gasteiger partial charge < -0.3 is 10.2 Å². The maximum absolute atomic E-state index is 12.8. The Balaban J connectivity index is 1.37. The second-order valence-electron chi connectivity index (χ2n) is 8.18. The maximum atomic E-state index is 12.8. The lowest BCUT2D eigenvalue weighted by Crippen LogP contribution is -2.44. The highest BCUT2D eigenvalue weighted by molar-refractivity contribution is 5.94. The summed E-state index contributed by atoms with van der Waals surface area (Å²) >= 11 is 0. The number of nitrogens with zero attached hydrogens (tertiary/aromatic N) is 1. The van der Waals surface area contributed by atoms with Crippen LogP contribution in [0.3, 0.4) is 0 Å². The van der Waals surface area contributed by atoms with Crippen molar-refractivity contribution in [2.24, 2.45) is 5.41 Å². The molecule has 0 aromatic heterocycles. The zero-order valence-corrected chi connectivity index (χ0v) is 14.7. The second kappa shape index (κ2) is 6.87. The molecule has 3 aliphatic rings. The lowest BCUT2D eigenvalue weighted by atomic mass is 9.77. The summed E-state index contributed by atoms with van der Waals surface area (Å²) in [7, 11) is 0. The number of carbonyl (C=O) groups is 1. The molecule has 2 saturated heterocycles. The molecule has 1 aliphatic carbocycles. The Morgan fingerprint density at radius 3 is 2.33 bits per heavy atom. The van der Waals surface area contributed by atoms with Crippen molar-refractivity contribution in [1.82, 2.24) is 10.2 Å². The van der Waals surface area contributed by atoms with E-state index in [9.17, 15) is 4.79 Å². The zero-order chi connectivity index (χ0) is 16.4. The molecule has 1 spiro atoms. The van der Waals surface area contributed by atoms with Crippen LogP contribution in [0.2, 0.25) is 0 Å².